The highest BCUT2D eigenvalue weighted by Gasteiger charge is 2.20. The molecule has 0 saturated carbocycles. The van der Waals surface area contributed by atoms with Gasteiger partial charge in [-0.15, -0.1) is 21.5 Å². The number of nitrogens with one attached hydrogen (secondary N) is 4. The third-order valence-electron chi connectivity index (χ3n) is 4.36. The molecule has 1 unspecified atom stereocenters. The number of aromatic nitrogens is 7. The highest BCUT2D eigenvalue weighted by atomic mass is 32.1. The fourth-order valence-corrected chi connectivity index (χ4v) is 3.94. The number of tetrazole rings is 1. The zero-order valence-corrected chi connectivity index (χ0v) is 15.6. The second-order valence-electron chi connectivity index (χ2n) is 6.18. The third kappa shape index (κ3) is 3.36. The lowest BCUT2D eigenvalue weighted by Gasteiger charge is -2.07. The molecule has 4 aromatic rings. The Morgan fingerprint density at radius 1 is 1.39 bits per heavy atom. The monoisotopic (exact) mass is 399 g/mol. The first-order valence-electron chi connectivity index (χ1n) is 8.50. The van der Waals surface area contributed by atoms with Crippen LogP contribution in [-0.4, -0.2) is 48.0 Å². The Balaban J connectivity index is 1.49. The molecule has 1 atom stereocenters. The number of amides is 1. The number of nitrogens with two attached hydrogens (primary N) is 1. The SMILES string of the molecule is CC(c1ccc(C(=O)NCCc2nn[nH]n2)s1)c1c[nH]c2nc(N)[nH]c(=O)c12. The summed E-state index contributed by atoms with van der Waals surface area (Å²) >= 11 is 1.38. The van der Waals surface area contributed by atoms with Crippen molar-refractivity contribution in [1.82, 2.24) is 40.9 Å². The molecule has 11 nitrogen and oxygen atoms in total. The first-order chi connectivity index (χ1) is 13.5. The second kappa shape index (κ2) is 7.23. The van der Waals surface area contributed by atoms with Crippen molar-refractivity contribution in [2.24, 2.45) is 0 Å². The molecule has 0 aliphatic carbocycles. The first-order valence-corrected chi connectivity index (χ1v) is 9.31. The molecule has 0 fully saturated rings. The van der Waals surface area contributed by atoms with Crippen LogP contribution in [0, 0.1) is 0 Å². The van der Waals surface area contributed by atoms with Crippen LogP contribution in [0.3, 0.4) is 0 Å². The maximum Gasteiger partial charge on any atom is 0.262 e. The average molecular weight is 399 g/mol. The van der Waals surface area contributed by atoms with E-state index in [1.807, 2.05) is 13.0 Å². The highest BCUT2D eigenvalue weighted by Crippen LogP contribution is 2.32. The van der Waals surface area contributed by atoms with Gasteiger partial charge in [-0.2, -0.15) is 10.2 Å². The van der Waals surface area contributed by atoms with Gasteiger partial charge in [0.1, 0.15) is 5.65 Å². The van der Waals surface area contributed by atoms with Gasteiger partial charge >= 0.3 is 0 Å². The van der Waals surface area contributed by atoms with Gasteiger partial charge in [-0.3, -0.25) is 14.6 Å². The van der Waals surface area contributed by atoms with Gasteiger partial charge in [0.2, 0.25) is 5.95 Å². The zero-order chi connectivity index (χ0) is 19.7. The number of thiophene rings is 1. The Kier molecular flexibility index (Phi) is 4.61. The first kappa shape index (κ1) is 17.9. The lowest BCUT2D eigenvalue weighted by molar-refractivity contribution is 0.0958. The molecule has 0 aromatic carbocycles. The van der Waals surface area contributed by atoms with Gasteiger partial charge in [0.15, 0.2) is 5.82 Å². The van der Waals surface area contributed by atoms with Crippen LogP contribution in [0.5, 0.6) is 0 Å². The highest BCUT2D eigenvalue weighted by molar-refractivity contribution is 7.14. The molecule has 28 heavy (non-hydrogen) atoms. The molecule has 4 heterocycles. The zero-order valence-electron chi connectivity index (χ0n) is 14.8. The van der Waals surface area contributed by atoms with E-state index in [0.29, 0.717) is 34.7 Å². The number of hydrogen-bond donors (Lipinski definition) is 5. The van der Waals surface area contributed by atoms with Crippen molar-refractivity contribution >= 4 is 34.2 Å². The molecular formula is C16H17N9O2S. The summed E-state index contributed by atoms with van der Waals surface area (Å²) in [7, 11) is 0. The number of nitrogen functional groups attached to an aromatic ring is 1. The largest absolute Gasteiger partial charge is 0.369 e. The van der Waals surface area contributed by atoms with Crippen molar-refractivity contribution in [3.8, 4) is 0 Å². The summed E-state index contributed by atoms with van der Waals surface area (Å²) in [5, 5.41) is 16.8. The fraction of sp³-hybridized carbons (Fsp3) is 0.250. The van der Waals surface area contributed by atoms with Crippen LogP contribution in [-0.2, 0) is 6.42 Å². The molecule has 4 aromatic heterocycles. The van der Waals surface area contributed by atoms with Crippen molar-refractivity contribution < 1.29 is 4.79 Å². The number of carbonyl (C=O) groups excluding carboxylic acids is 1. The summed E-state index contributed by atoms with van der Waals surface area (Å²) in [6.07, 6.45) is 2.24. The standard InChI is InChI=1S/C16H17N9O2S/c1-7(8-6-19-13-12(8)15(27)21-16(17)20-13)9-2-3-10(28-9)14(26)18-5-4-11-22-24-25-23-11/h2-3,6-7H,4-5H2,1H3,(H,18,26)(H,22,23,24,25)(H4,17,19,20,21,27). The number of carbonyl (C=O) groups is 1. The van der Waals surface area contributed by atoms with E-state index in [1.54, 1.807) is 12.3 Å². The van der Waals surface area contributed by atoms with Gasteiger partial charge < -0.3 is 16.0 Å². The Bertz CT molecular complexity index is 1170. The van der Waals surface area contributed by atoms with E-state index in [4.69, 9.17) is 5.73 Å². The summed E-state index contributed by atoms with van der Waals surface area (Å²) in [5.74, 6) is 0.346. The van der Waals surface area contributed by atoms with Crippen LogP contribution in [0.1, 0.15) is 38.8 Å². The summed E-state index contributed by atoms with van der Waals surface area (Å²) in [5.41, 5.74) is 6.54. The van der Waals surface area contributed by atoms with Crippen molar-refractivity contribution in [3.05, 3.63) is 49.8 Å². The van der Waals surface area contributed by atoms with Crippen LogP contribution in [0.4, 0.5) is 5.95 Å². The molecule has 6 N–H and O–H groups in total. The van der Waals surface area contributed by atoms with E-state index in [2.05, 4.69) is 40.9 Å². The van der Waals surface area contributed by atoms with Crippen molar-refractivity contribution in [1.29, 1.82) is 0 Å². The Morgan fingerprint density at radius 2 is 2.25 bits per heavy atom. The van der Waals surface area contributed by atoms with Gasteiger partial charge in [0.05, 0.1) is 10.3 Å². The molecule has 4 rings (SSSR count). The summed E-state index contributed by atoms with van der Waals surface area (Å²) in [4.78, 5) is 35.8. The van der Waals surface area contributed by atoms with Gasteiger partial charge in [-0.1, -0.05) is 12.1 Å². The Morgan fingerprint density at radius 3 is 3.04 bits per heavy atom. The smallest absolute Gasteiger partial charge is 0.262 e. The minimum absolute atomic E-state index is 0.0643. The molecule has 0 aliphatic heterocycles. The molecule has 0 spiro atoms. The second-order valence-corrected chi connectivity index (χ2v) is 7.29. The van der Waals surface area contributed by atoms with Crippen molar-refractivity contribution in [2.75, 3.05) is 12.3 Å². The Labute approximate surface area is 161 Å². The summed E-state index contributed by atoms with van der Waals surface area (Å²) in [6.45, 7) is 2.38. The number of rotatable bonds is 6. The van der Waals surface area contributed by atoms with Crippen molar-refractivity contribution in [2.45, 2.75) is 19.3 Å². The number of hydrogen-bond acceptors (Lipinski definition) is 8. The average Bonchev–Trinajstić information content (AvgIpc) is 3.41. The van der Waals surface area contributed by atoms with Crippen LogP contribution < -0.4 is 16.6 Å². The third-order valence-corrected chi connectivity index (χ3v) is 5.62. The van der Waals surface area contributed by atoms with E-state index in [-0.39, 0.29) is 23.3 Å². The van der Waals surface area contributed by atoms with Crippen LogP contribution >= 0.6 is 11.3 Å². The Hall–Kier alpha value is -3.54. The molecule has 12 heteroatoms. The van der Waals surface area contributed by atoms with Crippen LogP contribution in [0.25, 0.3) is 11.0 Å². The number of aromatic amines is 3. The molecular weight excluding hydrogens is 382 g/mol. The molecule has 0 bridgehead atoms. The predicted octanol–water partition coefficient (Wildman–Crippen LogP) is 0.532. The quantitative estimate of drug-likeness (QED) is 0.315. The molecule has 144 valence electrons. The van der Waals surface area contributed by atoms with E-state index in [1.165, 1.54) is 11.3 Å². The summed E-state index contributed by atoms with van der Waals surface area (Å²) < 4.78 is 0. The molecule has 0 aliphatic rings. The van der Waals surface area contributed by atoms with E-state index in [9.17, 15) is 9.59 Å². The van der Waals surface area contributed by atoms with Gasteiger partial charge in [0, 0.05) is 30.0 Å². The number of H-pyrrole nitrogens is 3. The maximum absolute atomic E-state index is 12.3. The fourth-order valence-electron chi connectivity index (χ4n) is 2.95. The van der Waals surface area contributed by atoms with E-state index < -0.39 is 0 Å². The molecule has 1 amide bonds. The van der Waals surface area contributed by atoms with E-state index in [0.717, 1.165) is 10.4 Å². The number of anilines is 1. The lowest BCUT2D eigenvalue weighted by atomic mass is 10.0. The maximum atomic E-state index is 12.3. The number of nitrogens with zero attached hydrogens (tertiary/aromatic N) is 4. The van der Waals surface area contributed by atoms with Crippen LogP contribution in [0.15, 0.2) is 23.1 Å². The lowest BCUT2D eigenvalue weighted by Crippen LogP contribution is -2.25. The van der Waals surface area contributed by atoms with Crippen molar-refractivity contribution in [3.63, 3.8) is 0 Å². The van der Waals surface area contributed by atoms with Gasteiger partial charge in [-0.25, -0.2) is 0 Å². The van der Waals surface area contributed by atoms with Gasteiger partial charge in [-0.05, 0) is 17.7 Å². The molecule has 0 saturated heterocycles. The molecule has 0 radical (unpaired) electrons. The van der Waals surface area contributed by atoms with Crippen LogP contribution in [0.2, 0.25) is 0 Å². The topological polar surface area (TPSA) is 171 Å². The van der Waals surface area contributed by atoms with Gasteiger partial charge in [0.25, 0.3) is 11.5 Å². The summed E-state index contributed by atoms with van der Waals surface area (Å²) in [6, 6.07) is 3.66. The normalized spacial score (nSPS) is 12.3. The van der Waals surface area contributed by atoms with E-state index >= 15 is 0 Å². The number of fused-ring (bicyclic) bond motifs is 1. The minimum Gasteiger partial charge on any atom is -0.369 e. The predicted molar refractivity (Wildman–Crippen MR) is 103 cm³/mol. The minimum atomic E-state index is -0.290.